The molecule has 1 saturated heterocycles. The number of rotatable bonds is 13. The average molecular weight is 724 g/mol. The molecule has 0 bridgehead atoms. The molecule has 0 radical (unpaired) electrons. The maximum Gasteiger partial charge on any atom is 0.328 e. The molecule has 1 aliphatic heterocycles. The van der Waals surface area contributed by atoms with Gasteiger partial charge in [-0.15, -0.1) is 5.69 Å². The van der Waals surface area contributed by atoms with Crippen LogP contribution in [0, 0.1) is 13.8 Å². The molecule has 5 aromatic rings. The SMILES string of the molecule is Cc1cc(OCc2ccccc2)cc(C)c1C[C@H](N=C(c1ccccc1)c1ccccc1[N-]C(=O)[C@@H]1CCCN1Cc1ccccc1)C(=O)O.[Ni]. The first-order valence-corrected chi connectivity index (χ1v) is 17.1. The van der Waals surface area contributed by atoms with Gasteiger partial charge in [0.2, 0.25) is 0 Å². The summed E-state index contributed by atoms with van der Waals surface area (Å²) in [5, 5.41) is 15.2. The zero-order valence-electron chi connectivity index (χ0n) is 28.9. The number of carbonyl (C=O) groups is 2. The van der Waals surface area contributed by atoms with Crippen LogP contribution in [0.1, 0.15) is 51.8 Å². The number of likely N-dealkylation sites (tertiary alicyclic amines) is 1. The Kier molecular flexibility index (Phi) is 13.0. The molecule has 6 rings (SSSR count). The first-order chi connectivity index (χ1) is 24.4. The van der Waals surface area contributed by atoms with Crippen LogP contribution in [-0.2, 0) is 45.7 Å². The zero-order valence-corrected chi connectivity index (χ0v) is 29.8. The number of hydrogen-bond donors (Lipinski definition) is 1. The number of carbonyl (C=O) groups excluding carboxylic acids is 1. The molecular weight excluding hydrogens is 681 g/mol. The first-order valence-electron chi connectivity index (χ1n) is 17.1. The van der Waals surface area contributed by atoms with E-state index in [1.54, 1.807) is 6.07 Å². The fraction of sp³-hybridized carbons (Fsp3) is 0.233. The van der Waals surface area contributed by atoms with E-state index < -0.39 is 12.0 Å². The van der Waals surface area contributed by atoms with Gasteiger partial charge in [0.1, 0.15) is 12.4 Å². The Hall–Kier alpha value is -5.04. The molecule has 0 saturated carbocycles. The molecule has 1 N–H and O–H groups in total. The molecule has 51 heavy (non-hydrogen) atoms. The summed E-state index contributed by atoms with van der Waals surface area (Å²) >= 11 is 0. The van der Waals surface area contributed by atoms with E-state index in [9.17, 15) is 14.7 Å². The quantitative estimate of drug-likeness (QED) is 0.0971. The third-order valence-corrected chi connectivity index (χ3v) is 9.20. The Morgan fingerprint density at radius 2 is 1.43 bits per heavy atom. The van der Waals surface area contributed by atoms with Gasteiger partial charge in [-0.1, -0.05) is 115 Å². The summed E-state index contributed by atoms with van der Waals surface area (Å²) in [5.41, 5.74) is 7.34. The number of nitrogens with zero attached hydrogens (tertiary/aromatic N) is 3. The predicted molar refractivity (Wildman–Crippen MR) is 198 cm³/mol. The van der Waals surface area contributed by atoms with Gasteiger partial charge in [-0.2, -0.15) is 0 Å². The largest absolute Gasteiger partial charge is 0.625 e. The van der Waals surface area contributed by atoms with Crippen molar-refractivity contribution in [3.63, 3.8) is 0 Å². The number of aliphatic carboxylic acids is 1. The van der Waals surface area contributed by atoms with E-state index in [4.69, 9.17) is 9.73 Å². The Balaban J connectivity index is 0.00000504. The number of benzene rings is 5. The monoisotopic (exact) mass is 722 g/mol. The Morgan fingerprint density at radius 1 is 0.843 bits per heavy atom. The molecule has 1 heterocycles. The predicted octanol–water partition coefficient (Wildman–Crippen LogP) is 8.61. The van der Waals surface area contributed by atoms with Gasteiger partial charge in [-0.25, -0.2) is 4.79 Å². The van der Waals surface area contributed by atoms with Crippen LogP contribution in [0.15, 0.2) is 132 Å². The molecule has 0 aliphatic carbocycles. The van der Waals surface area contributed by atoms with E-state index in [-0.39, 0.29) is 34.9 Å². The molecule has 7 nitrogen and oxygen atoms in total. The number of aliphatic imine (C=N–C) groups is 1. The Labute approximate surface area is 310 Å². The first kappa shape index (κ1) is 37.2. The van der Waals surface area contributed by atoms with E-state index >= 15 is 0 Å². The van der Waals surface area contributed by atoms with Crippen LogP contribution in [0.5, 0.6) is 5.75 Å². The van der Waals surface area contributed by atoms with Crippen LogP contribution < -0.4 is 4.74 Å². The Morgan fingerprint density at radius 3 is 2.08 bits per heavy atom. The van der Waals surface area contributed by atoms with Crippen molar-refractivity contribution in [2.45, 2.75) is 58.3 Å². The molecular formula is C43H42N3NiO4-. The van der Waals surface area contributed by atoms with Gasteiger partial charge >= 0.3 is 5.97 Å². The van der Waals surface area contributed by atoms with Gasteiger partial charge in [-0.05, 0) is 78.7 Å². The molecule has 1 aliphatic rings. The zero-order chi connectivity index (χ0) is 34.9. The second kappa shape index (κ2) is 17.8. The standard InChI is InChI=1S/C43H43N3O4.Ni/c1-30-25-35(50-29-33-17-8-4-9-18-33)26-31(2)37(30)27-39(43(48)49)44-41(34-19-10-5-11-20-34)36-21-12-13-22-38(36)45-42(47)40-23-14-24-46(40)28-32-15-6-3-7-16-32;/h3-13,15-22,25-26,39-40H,14,23-24,27-29H2,1-2H3,(H2,44,45,47,48,49);/p-1/t39-,40-;/m0./s1. The fourth-order valence-corrected chi connectivity index (χ4v) is 6.61. The van der Waals surface area contributed by atoms with E-state index in [0.717, 1.165) is 58.5 Å². The molecule has 1 fully saturated rings. The number of hydrogen-bond acceptors (Lipinski definition) is 5. The minimum atomic E-state index is -1.08. The van der Waals surface area contributed by atoms with Crippen molar-refractivity contribution >= 4 is 23.3 Å². The number of amides is 1. The normalized spacial score (nSPS) is 15.1. The average Bonchev–Trinajstić information content (AvgIpc) is 3.60. The molecule has 0 aromatic heterocycles. The summed E-state index contributed by atoms with van der Waals surface area (Å²) in [7, 11) is 0. The molecule has 0 spiro atoms. The van der Waals surface area contributed by atoms with Gasteiger partial charge in [-0.3, -0.25) is 9.89 Å². The third-order valence-electron chi connectivity index (χ3n) is 9.20. The van der Waals surface area contributed by atoms with Crippen molar-refractivity contribution in [3.8, 4) is 5.75 Å². The van der Waals surface area contributed by atoms with Crippen molar-refractivity contribution in [1.82, 2.24) is 4.90 Å². The maximum absolute atomic E-state index is 13.8. The number of carboxylic acid groups (broad SMARTS) is 1. The van der Waals surface area contributed by atoms with Gasteiger partial charge in [0.25, 0.3) is 0 Å². The molecule has 2 atom stereocenters. The second-order valence-electron chi connectivity index (χ2n) is 12.8. The molecule has 1 amide bonds. The summed E-state index contributed by atoms with van der Waals surface area (Å²) in [4.78, 5) is 33.8. The minimum Gasteiger partial charge on any atom is -0.625 e. The smallest absolute Gasteiger partial charge is 0.328 e. The van der Waals surface area contributed by atoms with Gasteiger partial charge in [0.15, 0.2) is 6.04 Å². The van der Waals surface area contributed by atoms with Crippen molar-refractivity contribution < 1.29 is 35.9 Å². The third kappa shape index (κ3) is 9.60. The maximum atomic E-state index is 13.8. The number of carboxylic acids is 1. The van der Waals surface area contributed by atoms with Crippen molar-refractivity contribution in [2.75, 3.05) is 6.54 Å². The van der Waals surface area contributed by atoms with Crippen LogP contribution in [0.25, 0.3) is 5.32 Å². The molecule has 5 aromatic carbocycles. The second-order valence-corrected chi connectivity index (χ2v) is 12.8. The fourth-order valence-electron chi connectivity index (χ4n) is 6.61. The van der Waals surface area contributed by atoms with Crippen LogP contribution in [0.3, 0.4) is 0 Å². The number of para-hydroxylation sites is 1. The van der Waals surface area contributed by atoms with Gasteiger partial charge in [0.05, 0.1) is 17.7 Å². The van der Waals surface area contributed by atoms with Gasteiger partial charge < -0.3 is 20.0 Å². The van der Waals surface area contributed by atoms with Gasteiger partial charge in [0, 0.05) is 35.0 Å². The molecule has 8 heteroatoms. The van der Waals surface area contributed by atoms with Crippen LogP contribution >= 0.6 is 0 Å². The molecule has 0 unspecified atom stereocenters. The minimum absolute atomic E-state index is 0. The van der Waals surface area contributed by atoms with E-state index in [0.29, 0.717) is 30.1 Å². The van der Waals surface area contributed by atoms with E-state index in [2.05, 4.69) is 22.3 Å². The van der Waals surface area contributed by atoms with E-state index in [1.165, 1.54) is 0 Å². The van der Waals surface area contributed by atoms with Crippen molar-refractivity contribution in [2.24, 2.45) is 4.99 Å². The number of ether oxygens (including phenoxy) is 1. The van der Waals surface area contributed by atoms with Crippen molar-refractivity contribution in [1.29, 1.82) is 0 Å². The summed E-state index contributed by atoms with van der Waals surface area (Å²) in [6.45, 7) is 5.91. The van der Waals surface area contributed by atoms with Crippen LogP contribution in [-0.4, -0.2) is 46.2 Å². The Bertz CT molecular complexity index is 1930. The molecule has 264 valence electrons. The van der Waals surface area contributed by atoms with E-state index in [1.807, 2.05) is 123 Å². The van der Waals surface area contributed by atoms with Crippen molar-refractivity contribution in [3.05, 3.63) is 172 Å². The summed E-state index contributed by atoms with van der Waals surface area (Å²) in [5.74, 6) is -0.499. The summed E-state index contributed by atoms with van der Waals surface area (Å²) in [6, 6.07) is 39.5. The van der Waals surface area contributed by atoms with Crippen LogP contribution in [0.4, 0.5) is 5.69 Å². The summed E-state index contributed by atoms with van der Waals surface area (Å²) in [6.07, 6.45) is 1.86. The number of aryl methyl sites for hydroxylation is 2. The topological polar surface area (TPSA) is 93.3 Å². The van der Waals surface area contributed by atoms with Crippen LogP contribution in [0.2, 0.25) is 0 Å². The summed E-state index contributed by atoms with van der Waals surface area (Å²) < 4.78 is 6.07.